The number of ether oxygens (including phenoxy) is 1. The van der Waals surface area contributed by atoms with Crippen LogP contribution in [0.1, 0.15) is 16.7 Å². The van der Waals surface area contributed by atoms with Crippen LogP contribution in [0, 0.1) is 20.8 Å². The lowest BCUT2D eigenvalue weighted by Gasteiger charge is -2.11. The summed E-state index contributed by atoms with van der Waals surface area (Å²) in [5.74, 6) is 1.42. The standard InChI is InChI=1S/C15H16ClNO/c1-9-4-5-14(13(17)6-9)18-12-7-10(2)15(16)11(3)8-12/h4-8H,17H2,1-3H3. The quantitative estimate of drug-likeness (QED) is 0.800. The minimum atomic E-state index is 0.639. The van der Waals surface area contributed by atoms with Crippen LogP contribution in [0.25, 0.3) is 0 Å². The molecule has 0 unspecified atom stereocenters. The van der Waals surface area contributed by atoms with E-state index in [0.717, 1.165) is 27.5 Å². The zero-order chi connectivity index (χ0) is 13.3. The summed E-state index contributed by atoms with van der Waals surface area (Å²) in [6.07, 6.45) is 0. The van der Waals surface area contributed by atoms with Crippen LogP contribution in [0.5, 0.6) is 11.5 Å². The van der Waals surface area contributed by atoms with Gasteiger partial charge < -0.3 is 10.5 Å². The smallest absolute Gasteiger partial charge is 0.150 e. The van der Waals surface area contributed by atoms with Crippen molar-refractivity contribution in [1.29, 1.82) is 0 Å². The van der Waals surface area contributed by atoms with E-state index in [1.165, 1.54) is 0 Å². The van der Waals surface area contributed by atoms with Crippen molar-refractivity contribution >= 4 is 17.3 Å². The topological polar surface area (TPSA) is 35.2 Å². The first-order valence-corrected chi connectivity index (χ1v) is 6.16. The van der Waals surface area contributed by atoms with Crippen molar-refractivity contribution in [3.8, 4) is 11.5 Å². The van der Waals surface area contributed by atoms with Gasteiger partial charge in [0.15, 0.2) is 0 Å². The Kier molecular flexibility index (Phi) is 3.48. The highest BCUT2D eigenvalue weighted by molar-refractivity contribution is 6.32. The highest BCUT2D eigenvalue weighted by Crippen LogP contribution is 2.32. The van der Waals surface area contributed by atoms with E-state index in [4.69, 9.17) is 22.1 Å². The fourth-order valence-corrected chi connectivity index (χ4v) is 1.96. The van der Waals surface area contributed by atoms with Crippen LogP contribution in [0.2, 0.25) is 5.02 Å². The van der Waals surface area contributed by atoms with Gasteiger partial charge in [-0.3, -0.25) is 0 Å². The van der Waals surface area contributed by atoms with Crippen molar-refractivity contribution in [1.82, 2.24) is 0 Å². The molecule has 0 bridgehead atoms. The van der Waals surface area contributed by atoms with E-state index in [1.807, 2.05) is 51.1 Å². The molecule has 0 saturated carbocycles. The highest BCUT2D eigenvalue weighted by Gasteiger charge is 2.06. The summed E-state index contributed by atoms with van der Waals surface area (Å²) in [7, 11) is 0. The second-order valence-corrected chi connectivity index (χ2v) is 4.89. The molecule has 2 aromatic rings. The number of nitrogen functional groups attached to an aromatic ring is 1. The molecule has 2 nitrogen and oxygen atoms in total. The van der Waals surface area contributed by atoms with Crippen molar-refractivity contribution in [2.45, 2.75) is 20.8 Å². The maximum atomic E-state index is 6.12. The number of halogens is 1. The van der Waals surface area contributed by atoms with Gasteiger partial charge in [-0.2, -0.15) is 0 Å². The molecule has 0 aliphatic heterocycles. The molecule has 2 N–H and O–H groups in total. The number of nitrogens with two attached hydrogens (primary N) is 1. The lowest BCUT2D eigenvalue weighted by atomic mass is 10.1. The fraction of sp³-hybridized carbons (Fsp3) is 0.200. The molecule has 0 aliphatic carbocycles. The molecule has 0 aliphatic rings. The normalized spacial score (nSPS) is 10.4. The Morgan fingerprint density at radius 1 is 1.00 bits per heavy atom. The highest BCUT2D eigenvalue weighted by atomic mass is 35.5. The lowest BCUT2D eigenvalue weighted by Crippen LogP contribution is -1.94. The SMILES string of the molecule is Cc1ccc(Oc2cc(C)c(Cl)c(C)c2)c(N)c1. The van der Waals surface area contributed by atoms with Crippen molar-refractivity contribution in [2.24, 2.45) is 0 Å². The lowest BCUT2D eigenvalue weighted by molar-refractivity contribution is 0.484. The summed E-state index contributed by atoms with van der Waals surface area (Å²) in [5, 5.41) is 0.777. The molecule has 0 heterocycles. The third kappa shape index (κ3) is 2.59. The molecule has 0 atom stereocenters. The Morgan fingerprint density at radius 3 is 2.17 bits per heavy atom. The molecule has 0 aromatic heterocycles. The average molecular weight is 262 g/mol. The number of benzene rings is 2. The van der Waals surface area contributed by atoms with Crippen LogP contribution < -0.4 is 10.5 Å². The maximum Gasteiger partial charge on any atom is 0.150 e. The molecule has 0 spiro atoms. The Labute approximate surface area is 112 Å². The molecular formula is C15H16ClNO. The molecule has 0 fully saturated rings. The molecule has 0 amide bonds. The van der Waals surface area contributed by atoms with Gasteiger partial charge in [-0.25, -0.2) is 0 Å². The first-order chi connectivity index (χ1) is 8.47. The van der Waals surface area contributed by atoms with E-state index < -0.39 is 0 Å². The predicted octanol–water partition coefficient (Wildman–Crippen LogP) is 4.64. The first-order valence-electron chi connectivity index (χ1n) is 5.78. The molecule has 2 rings (SSSR count). The summed E-state index contributed by atoms with van der Waals surface area (Å²) in [6, 6.07) is 9.57. The van der Waals surface area contributed by atoms with Gasteiger partial charge in [0, 0.05) is 5.02 Å². The minimum absolute atomic E-state index is 0.639. The molecule has 3 heteroatoms. The van der Waals surface area contributed by atoms with Gasteiger partial charge in [0.05, 0.1) is 5.69 Å². The van der Waals surface area contributed by atoms with Gasteiger partial charge in [0.25, 0.3) is 0 Å². The monoisotopic (exact) mass is 261 g/mol. The van der Waals surface area contributed by atoms with Gasteiger partial charge >= 0.3 is 0 Å². The van der Waals surface area contributed by atoms with Crippen LogP contribution in [0.4, 0.5) is 5.69 Å². The van der Waals surface area contributed by atoms with Crippen LogP contribution in [-0.2, 0) is 0 Å². The number of hydrogen-bond acceptors (Lipinski definition) is 2. The average Bonchev–Trinajstić information content (AvgIpc) is 2.29. The number of anilines is 1. The zero-order valence-electron chi connectivity index (χ0n) is 10.8. The largest absolute Gasteiger partial charge is 0.455 e. The fourth-order valence-electron chi connectivity index (χ4n) is 1.85. The summed E-state index contributed by atoms with van der Waals surface area (Å²) < 4.78 is 5.80. The number of rotatable bonds is 2. The third-order valence-corrected chi connectivity index (χ3v) is 3.40. The molecule has 2 aromatic carbocycles. The maximum absolute atomic E-state index is 6.12. The van der Waals surface area contributed by atoms with E-state index in [-0.39, 0.29) is 0 Å². The number of hydrogen-bond donors (Lipinski definition) is 1. The first kappa shape index (κ1) is 12.8. The summed E-state index contributed by atoms with van der Waals surface area (Å²) >= 11 is 6.12. The van der Waals surface area contributed by atoms with Crippen molar-refractivity contribution in [2.75, 3.05) is 5.73 Å². The molecule has 0 saturated heterocycles. The Morgan fingerprint density at radius 2 is 1.61 bits per heavy atom. The van der Waals surface area contributed by atoms with E-state index in [1.54, 1.807) is 0 Å². The van der Waals surface area contributed by atoms with Gasteiger partial charge in [-0.15, -0.1) is 0 Å². The van der Waals surface area contributed by atoms with Gasteiger partial charge in [-0.1, -0.05) is 17.7 Å². The molecular weight excluding hydrogens is 246 g/mol. The van der Waals surface area contributed by atoms with Gasteiger partial charge in [0.1, 0.15) is 11.5 Å². The second-order valence-electron chi connectivity index (χ2n) is 4.51. The third-order valence-electron chi connectivity index (χ3n) is 2.80. The van der Waals surface area contributed by atoms with Crippen LogP contribution >= 0.6 is 11.6 Å². The molecule has 0 radical (unpaired) electrons. The van der Waals surface area contributed by atoms with Crippen LogP contribution in [0.15, 0.2) is 30.3 Å². The molecule has 94 valence electrons. The molecule has 18 heavy (non-hydrogen) atoms. The summed E-state index contributed by atoms with van der Waals surface area (Å²) in [4.78, 5) is 0. The van der Waals surface area contributed by atoms with E-state index in [9.17, 15) is 0 Å². The van der Waals surface area contributed by atoms with E-state index in [0.29, 0.717) is 11.4 Å². The van der Waals surface area contributed by atoms with Gasteiger partial charge in [-0.05, 0) is 61.7 Å². The van der Waals surface area contributed by atoms with Gasteiger partial charge in [0.2, 0.25) is 0 Å². The van der Waals surface area contributed by atoms with Crippen molar-refractivity contribution in [3.63, 3.8) is 0 Å². The van der Waals surface area contributed by atoms with Crippen LogP contribution in [-0.4, -0.2) is 0 Å². The predicted molar refractivity (Wildman–Crippen MR) is 76.6 cm³/mol. The summed E-state index contributed by atoms with van der Waals surface area (Å²) in [6.45, 7) is 5.91. The van der Waals surface area contributed by atoms with E-state index >= 15 is 0 Å². The Balaban J connectivity index is 2.34. The van der Waals surface area contributed by atoms with Crippen molar-refractivity contribution in [3.05, 3.63) is 52.0 Å². The second kappa shape index (κ2) is 4.91. The zero-order valence-corrected chi connectivity index (χ0v) is 11.5. The van der Waals surface area contributed by atoms with Crippen molar-refractivity contribution < 1.29 is 4.74 Å². The van der Waals surface area contributed by atoms with Crippen LogP contribution in [0.3, 0.4) is 0 Å². The summed E-state index contributed by atoms with van der Waals surface area (Å²) in [5.41, 5.74) is 9.67. The Hall–Kier alpha value is -1.67. The van der Waals surface area contributed by atoms with E-state index in [2.05, 4.69) is 0 Å². The minimum Gasteiger partial charge on any atom is -0.455 e. The Bertz CT molecular complexity index is 570. The number of aryl methyl sites for hydroxylation is 3.